The van der Waals surface area contributed by atoms with Gasteiger partial charge in [-0.2, -0.15) is 0 Å². The van der Waals surface area contributed by atoms with Crippen molar-refractivity contribution in [2.45, 2.75) is 64.3 Å². The lowest BCUT2D eigenvalue weighted by Gasteiger charge is -2.36. The van der Waals surface area contributed by atoms with E-state index in [2.05, 4.69) is 15.7 Å². The van der Waals surface area contributed by atoms with Crippen LogP contribution in [0.5, 0.6) is 0 Å². The summed E-state index contributed by atoms with van der Waals surface area (Å²) >= 11 is 1.70. The molecule has 1 saturated heterocycles. The predicted molar refractivity (Wildman–Crippen MR) is 95.0 cm³/mol. The number of rotatable bonds is 4. The first kappa shape index (κ1) is 17.4. The van der Waals surface area contributed by atoms with E-state index >= 15 is 0 Å². The van der Waals surface area contributed by atoms with Gasteiger partial charge in [-0.15, -0.1) is 11.3 Å². The Kier molecular flexibility index (Phi) is 5.54. The molecule has 1 aromatic heterocycles. The summed E-state index contributed by atoms with van der Waals surface area (Å²) in [4.78, 5) is 31.3. The van der Waals surface area contributed by atoms with Gasteiger partial charge in [-0.1, -0.05) is 12.8 Å². The summed E-state index contributed by atoms with van der Waals surface area (Å²) in [7, 11) is 0. The average molecular weight is 350 g/mol. The van der Waals surface area contributed by atoms with Crippen LogP contribution in [-0.4, -0.2) is 40.8 Å². The minimum Gasteiger partial charge on any atom is -0.344 e. The molecule has 132 valence electrons. The first-order valence-corrected chi connectivity index (χ1v) is 9.90. The molecule has 5 nitrogen and oxygen atoms in total. The first-order valence-electron chi connectivity index (χ1n) is 9.02. The lowest BCUT2D eigenvalue weighted by Crippen LogP contribution is -2.53. The van der Waals surface area contributed by atoms with Gasteiger partial charge in [-0.3, -0.25) is 9.59 Å². The SMILES string of the molecule is CC(=O)N[C@@H](C(=O)N1CCC[C@H](c2nc(C)cs2)C1)C1CCCC1. The van der Waals surface area contributed by atoms with E-state index in [4.69, 9.17) is 0 Å². The second-order valence-electron chi connectivity index (χ2n) is 7.17. The zero-order valence-corrected chi connectivity index (χ0v) is 15.4. The monoisotopic (exact) mass is 349 g/mol. The lowest BCUT2D eigenvalue weighted by molar-refractivity contribution is -0.138. The number of hydrogen-bond donors (Lipinski definition) is 1. The van der Waals surface area contributed by atoms with Gasteiger partial charge < -0.3 is 10.2 Å². The number of nitrogens with zero attached hydrogens (tertiary/aromatic N) is 2. The minimum absolute atomic E-state index is 0.107. The van der Waals surface area contributed by atoms with Gasteiger partial charge in [0.15, 0.2) is 0 Å². The number of likely N-dealkylation sites (tertiary alicyclic amines) is 1. The van der Waals surface area contributed by atoms with E-state index in [1.807, 2.05) is 11.8 Å². The van der Waals surface area contributed by atoms with Crippen LogP contribution >= 0.6 is 11.3 Å². The molecule has 1 N–H and O–H groups in total. The van der Waals surface area contributed by atoms with Crippen LogP contribution in [0.2, 0.25) is 0 Å². The molecule has 1 aromatic rings. The predicted octanol–water partition coefficient (Wildman–Crippen LogP) is 2.85. The van der Waals surface area contributed by atoms with Crippen LogP contribution in [0.1, 0.15) is 62.1 Å². The number of aryl methyl sites for hydroxylation is 1. The molecule has 2 heterocycles. The highest BCUT2D eigenvalue weighted by Gasteiger charge is 2.36. The largest absolute Gasteiger partial charge is 0.344 e. The van der Waals surface area contributed by atoms with Gasteiger partial charge in [0.05, 0.1) is 5.01 Å². The van der Waals surface area contributed by atoms with Crippen molar-refractivity contribution in [1.29, 1.82) is 0 Å². The Hall–Kier alpha value is -1.43. The molecule has 2 fully saturated rings. The van der Waals surface area contributed by atoms with E-state index in [-0.39, 0.29) is 17.9 Å². The van der Waals surface area contributed by atoms with Crippen LogP contribution in [0.25, 0.3) is 0 Å². The fourth-order valence-corrected chi connectivity index (χ4v) is 4.95. The van der Waals surface area contributed by atoms with E-state index in [1.165, 1.54) is 6.92 Å². The Morgan fingerprint density at radius 3 is 2.67 bits per heavy atom. The van der Waals surface area contributed by atoms with Crippen LogP contribution in [0, 0.1) is 12.8 Å². The summed E-state index contributed by atoms with van der Waals surface area (Å²) < 4.78 is 0. The Balaban J connectivity index is 1.70. The summed E-state index contributed by atoms with van der Waals surface area (Å²) in [5.41, 5.74) is 1.06. The third kappa shape index (κ3) is 3.97. The fraction of sp³-hybridized carbons (Fsp3) is 0.722. The number of hydrogen-bond acceptors (Lipinski definition) is 4. The van der Waals surface area contributed by atoms with E-state index in [9.17, 15) is 9.59 Å². The molecular weight excluding hydrogens is 322 g/mol. The number of carbonyl (C=O) groups excluding carboxylic acids is 2. The summed E-state index contributed by atoms with van der Waals surface area (Å²) in [6, 6.07) is -0.346. The van der Waals surface area contributed by atoms with Crippen LogP contribution < -0.4 is 5.32 Å². The van der Waals surface area contributed by atoms with E-state index < -0.39 is 0 Å². The molecule has 1 aliphatic carbocycles. The second-order valence-corrected chi connectivity index (χ2v) is 8.06. The number of thiazole rings is 1. The molecule has 3 rings (SSSR count). The average Bonchev–Trinajstić information content (AvgIpc) is 3.23. The third-order valence-electron chi connectivity index (χ3n) is 5.22. The molecule has 1 saturated carbocycles. The summed E-state index contributed by atoms with van der Waals surface area (Å²) in [6.45, 7) is 5.04. The molecular formula is C18H27N3O2S. The van der Waals surface area contributed by atoms with Crippen molar-refractivity contribution in [3.05, 3.63) is 16.1 Å². The summed E-state index contributed by atoms with van der Waals surface area (Å²) in [5, 5.41) is 6.15. The molecule has 0 spiro atoms. The molecule has 2 aliphatic rings. The number of amides is 2. The van der Waals surface area contributed by atoms with Crippen molar-refractivity contribution in [3.8, 4) is 0 Å². The number of carbonyl (C=O) groups is 2. The van der Waals surface area contributed by atoms with E-state index in [1.54, 1.807) is 11.3 Å². The van der Waals surface area contributed by atoms with Crippen molar-refractivity contribution < 1.29 is 9.59 Å². The quantitative estimate of drug-likeness (QED) is 0.909. The third-order valence-corrected chi connectivity index (χ3v) is 6.34. The smallest absolute Gasteiger partial charge is 0.245 e. The Morgan fingerprint density at radius 2 is 2.04 bits per heavy atom. The van der Waals surface area contributed by atoms with Gasteiger partial charge in [-0.25, -0.2) is 4.98 Å². The van der Waals surface area contributed by atoms with E-state index in [0.717, 1.165) is 62.3 Å². The van der Waals surface area contributed by atoms with Gasteiger partial charge in [0, 0.05) is 37.0 Å². The van der Waals surface area contributed by atoms with Gasteiger partial charge in [0.25, 0.3) is 0 Å². The van der Waals surface area contributed by atoms with Gasteiger partial charge in [0.2, 0.25) is 11.8 Å². The van der Waals surface area contributed by atoms with Gasteiger partial charge in [0.1, 0.15) is 6.04 Å². The maximum absolute atomic E-state index is 13.1. The summed E-state index contributed by atoms with van der Waals surface area (Å²) in [6.07, 6.45) is 6.50. The topological polar surface area (TPSA) is 62.3 Å². The number of aromatic nitrogens is 1. The van der Waals surface area contributed by atoms with Crippen molar-refractivity contribution in [3.63, 3.8) is 0 Å². The Labute approximate surface area is 147 Å². The standard InChI is InChI=1S/C18H27N3O2S/c1-12-11-24-17(19-12)15-8-5-9-21(10-15)18(23)16(20-13(2)22)14-6-3-4-7-14/h11,14-16H,3-10H2,1-2H3,(H,20,22)/t15-,16+/m0/s1. The van der Waals surface area contributed by atoms with Crippen molar-refractivity contribution in [2.75, 3.05) is 13.1 Å². The normalized spacial score (nSPS) is 23.2. The van der Waals surface area contributed by atoms with Crippen LogP contribution in [-0.2, 0) is 9.59 Å². The molecule has 24 heavy (non-hydrogen) atoms. The fourth-order valence-electron chi connectivity index (χ4n) is 4.03. The molecule has 1 aliphatic heterocycles. The maximum Gasteiger partial charge on any atom is 0.245 e. The Morgan fingerprint density at radius 1 is 1.29 bits per heavy atom. The van der Waals surface area contributed by atoms with Crippen molar-refractivity contribution >= 4 is 23.2 Å². The van der Waals surface area contributed by atoms with Crippen LogP contribution in [0.3, 0.4) is 0 Å². The molecule has 0 radical (unpaired) electrons. The highest BCUT2D eigenvalue weighted by molar-refractivity contribution is 7.09. The number of piperidine rings is 1. The molecule has 6 heteroatoms. The minimum atomic E-state index is -0.346. The first-order chi connectivity index (χ1) is 11.5. The van der Waals surface area contributed by atoms with Crippen molar-refractivity contribution in [2.24, 2.45) is 5.92 Å². The van der Waals surface area contributed by atoms with Crippen molar-refractivity contribution in [1.82, 2.24) is 15.2 Å². The molecule has 0 bridgehead atoms. The van der Waals surface area contributed by atoms with Gasteiger partial charge in [-0.05, 0) is 38.5 Å². The van der Waals surface area contributed by atoms with Gasteiger partial charge >= 0.3 is 0 Å². The zero-order valence-electron chi connectivity index (χ0n) is 14.6. The van der Waals surface area contributed by atoms with Crippen LogP contribution in [0.15, 0.2) is 5.38 Å². The second kappa shape index (κ2) is 7.64. The molecule has 2 amide bonds. The molecule has 0 aromatic carbocycles. The van der Waals surface area contributed by atoms with Crippen LogP contribution in [0.4, 0.5) is 0 Å². The van der Waals surface area contributed by atoms with E-state index in [0.29, 0.717) is 11.8 Å². The Bertz CT molecular complexity index is 595. The highest BCUT2D eigenvalue weighted by atomic mass is 32.1. The highest BCUT2D eigenvalue weighted by Crippen LogP contribution is 2.32. The number of nitrogens with one attached hydrogen (secondary N) is 1. The molecule has 2 atom stereocenters. The zero-order chi connectivity index (χ0) is 17.1. The molecule has 0 unspecified atom stereocenters. The maximum atomic E-state index is 13.1. The lowest BCUT2D eigenvalue weighted by atomic mass is 9.93. The summed E-state index contributed by atoms with van der Waals surface area (Å²) in [5.74, 6) is 0.631.